The van der Waals surface area contributed by atoms with Gasteiger partial charge in [-0.2, -0.15) is 0 Å². The molecule has 0 amide bonds. The number of hydrogen-bond acceptors (Lipinski definition) is 2. The molecule has 112 valence electrons. The normalized spacial score (nSPS) is 25.9. The minimum Gasteiger partial charge on any atom is -0.357 e. The largest absolute Gasteiger partial charge is 0.357 e. The van der Waals surface area contributed by atoms with Crippen molar-refractivity contribution in [1.29, 1.82) is 0 Å². The number of nitrogens with one attached hydrogen (secondary N) is 2. The fourth-order valence-corrected chi connectivity index (χ4v) is 3.84. The maximum atomic E-state index is 11.9. The number of rotatable bonds is 6. The molecule has 0 aromatic rings. The van der Waals surface area contributed by atoms with Crippen LogP contribution in [-0.4, -0.2) is 40.3 Å². The number of nitrogens with zero attached hydrogens (tertiary/aromatic N) is 1. The van der Waals surface area contributed by atoms with Crippen molar-refractivity contribution >= 4 is 16.8 Å². The summed E-state index contributed by atoms with van der Waals surface area (Å²) < 4.78 is 11.9. The quantitative estimate of drug-likeness (QED) is 0.580. The van der Waals surface area contributed by atoms with E-state index in [0.29, 0.717) is 11.3 Å². The minimum absolute atomic E-state index is 0.366. The predicted molar refractivity (Wildman–Crippen MR) is 84.1 cm³/mol. The topological polar surface area (TPSA) is 53.5 Å². The third kappa shape index (κ3) is 5.93. The molecule has 19 heavy (non-hydrogen) atoms. The first-order valence-electron chi connectivity index (χ1n) is 7.63. The first kappa shape index (κ1) is 16.5. The second-order valence-corrected chi connectivity index (χ2v) is 7.07. The van der Waals surface area contributed by atoms with E-state index in [0.717, 1.165) is 50.5 Å². The van der Waals surface area contributed by atoms with Crippen LogP contribution in [0.2, 0.25) is 0 Å². The standard InChI is InChI=1S/C14H29N3OS/c1-4-10-16-14(15-5-2)17-12-8-7-9-13(11-12)19(18)6-3/h12-13H,4-11H2,1-3H3,(H2,15,16,17). The van der Waals surface area contributed by atoms with Gasteiger partial charge in [-0.15, -0.1) is 0 Å². The van der Waals surface area contributed by atoms with Gasteiger partial charge >= 0.3 is 0 Å². The Kier molecular flexibility index (Phi) is 8.10. The molecule has 0 saturated heterocycles. The van der Waals surface area contributed by atoms with Crippen molar-refractivity contribution in [3.8, 4) is 0 Å². The second-order valence-electron chi connectivity index (χ2n) is 5.06. The van der Waals surface area contributed by atoms with Gasteiger partial charge in [-0.3, -0.25) is 9.20 Å². The van der Waals surface area contributed by atoms with Gasteiger partial charge in [0.25, 0.3) is 0 Å². The third-order valence-corrected chi connectivity index (χ3v) is 5.20. The number of hydrogen-bond donors (Lipinski definition) is 2. The Morgan fingerprint density at radius 1 is 1.32 bits per heavy atom. The van der Waals surface area contributed by atoms with E-state index >= 15 is 0 Å². The molecule has 3 unspecified atom stereocenters. The summed E-state index contributed by atoms with van der Waals surface area (Å²) in [6, 6.07) is 0.420. The molecule has 0 aromatic carbocycles. The molecule has 1 rings (SSSR count). The van der Waals surface area contributed by atoms with Crippen molar-refractivity contribution < 1.29 is 4.21 Å². The summed E-state index contributed by atoms with van der Waals surface area (Å²) in [6.45, 7) is 7.96. The Bertz CT molecular complexity index is 307. The van der Waals surface area contributed by atoms with E-state index in [-0.39, 0.29) is 0 Å². The van der Waals surface area contributed by atoms with Crippen LogP contribution in [0.3, 0.4) is 0 Å². The molecule has 1 fully saturated rings. The van der Waals surface area contributed by atoms with E-state index in [1.54, 1.807) is 0 Å². The van der Waals surface area contributed by atoms with Crippen LogP contribution in [0.4, 0.5) is 0 Å². The summed E-state index contributed by atoms with van der Waals surface area (Å²) in [6.07, 6.45) is 5.51. The van der Waals surface area contributed by atoms with Crippen molar-refractivity contribution in [3.05, 3.63) is 0 Å². The second kappa shape index (κ2) is 9.34. The van der Waals surface area contributed by atoms with Crippen molar-refractivity contribution in [2.24, 2.45) is 4.99 Å². The van der Waals surface area contributed by atoms with Crippen molar-refractivity contribution in [3.63, 3.8) is 0 Å². The Balaban J connectivity index is 2.51. The monoisotopic (exact) mass is 287 g/mol. The van der Waals surface area contributed by atoms with Crippen LogP contribution in [-0.2, 0) is 10.8 Å². The minimum atomic E-state index is -0.658. The third-order valence-electron chi connectivity index (χ3n) is 3.46. The highest BCUT2D eigenvalue weighted by molar-refractivity contribution is 7.85. The SMILES string of the molecule is CCCN=C(NCC)NC1CCCC(S(=O)CC)C1. The Hall–Kier alpha value is -0.580. The molecule has 4 nitrogen and oxygen atoms in total. The maximum absolute atomic E-state index is 11.9. The Morgan fingerprint density at radius 3 is 2.74 bits per heavy atom. The lowest BCUT2D eigenvalue weighted by Gasteiger charge is -2.30. The predicted octanol–water partition coefficient (Wildman–Crippen LogP) is 2.03. The van der Waals surface area contributed by atoms with Gasteiger partial charge in [0.2, 0.25) is 0 Å². The van der Waals surface area contributed by atoms with E-state index in [9.17, 15) is 4.21 Å². The van der Waals surface area contributed by atoms with E-state index in [1.165, 1.54) is 6.42 Å². The van der Waals surface area contributed by atoms with Crippen LogP contribution in [0.15, 0.2) is 4.99 Å². The fourth-order valence-electron chi connectivity index (χ4n) is 2.49. The molecule has 2 N–H and O–H groups in total. The summed E-state index contributed by atoms with van der Waals surface area (Å²) in [5.41, 5.74) is 0. The van der Waals surface area contributed by atoms with Crippen molar-refractivity contribution in [2.45, 2.75) is 64.2 Å². The summed E-state index contributed by atoms with van der Waals surface area (Å²) >= 11 is 0. The molecule has 5 heteroatoms. The van der Waals surface area contributed by atoms with Crippen LogP contribution in [0.5, 0.6) is 0 Å². The maximum Gasteiger partial charge on any atom is 0.191 e. The summed E-state index contributed by atoms with van der Waals surface area (Å²) in [4.78, 5) is 4.53. The van der Waals surface area contributed by atoms with Gasteiger partial charge in [0.1, 0.15) is 0 Å². The zero-order chi connectivity index (χ0) is 14.1. The first-order chi connectivity index (χ1) is 9.21. The summed E-state index contributed by atoms with van der Waals surface area (Å²) in [5.74, 6) is 1.69. The van der Waals surface area contributed by atoms with Crippen LogP contribution in [0.25, 0.3) is 0 Å². The van der Waals surface area contributed by atoms with Gasteiger partial charge in [0.15, 0.2) is 5.96 Å². The average Bonchev–Trinajstić information content (AvgIpc) is 2.44. The summed E-state index contributed by atoms with van der Waals surface area (Å²) in [7, 11) is -0.658. The smallest absolute Gasteiger partial charge is 0.191 e. The van der Waals surface area contributed by atoms with Crippen molar-refractivity contribution in [2.75, 3.05) is 18.8 Å². The van der Waals surface area contributed by atoms with Gasteiger partial charge in [-0.25, -0.2) is 0 Å². The van der Waals surface area contributed by atoms with Gasteiger partial charge in [-0.05, 0) is 32.6 Å². The zero-order valence-electron chi connectivity index (χ0n) is 12.6. The molecule has 0 bridgehead atoms. The lowest BCUT2D eigenvalue weighted by Crippen LogP contribution is -2.46. The van der Waals surface area contributed by atoms with Crippen LogP contribution >= 0.6 is 0 Å². The van der Waals surface area contributed by atoms with E-state index in [2.05, 4.69) is 29.5 Å². The molecule has 0 radical (unpaired) electrons. The molecular weight excluding hydrogens is 258 g/mol. The highest BCUT2D eigenvalue weighted by Crippen LogP contribution is 2.22. The lowest BCUT2D eigenvalue weighted by molar-refractivity contribution is 0.413. The lowest BCUT2D eigenvalue weighted by atomic mass is 9.95. The molecule has 0 aliphatic heterocycles. The highest BCUT2D eigenvalue weighted by Gasteiger charge is 2.25. The molecule has 1 aliphatic rings. The van der Waals surface area contributed by atoms with E-state index < -0.39 is 10.8 Å². The number of aliphatic imine (C=N–C) groups is 1. The van der Waals surface area contributed by atoms with Gasteiger partial charge in [0.05, 0.1) is 0 Å². The molecule has 0 spiro atoms. The van der Waals surface area contributed by atoms with Crippen molar-refractivity contribution in [1.82, 2.24) is 10.6 Å². The average molecular weight is 287 g/mol. The molecular formula is C14H29N3OS. The first-order valence-corrected chi connectivity index (χ1v) is 9.01. The van der Waals surface area contributed by atoms with Gasteiger partial charge in [0, 0.05) is 40.9 Å². The van der Waals surface area contributed by atoms with Gasteiger partial charge < -0.3 is 10.6 Å². The molecule has 3 atom stereocenters. The fraction of sp³-hybridized carbons (Fsp3) is 0.929. The zero-order valence-corrected chi connectivity index (χ0v) is 13.4. The van der Waals surface area contributed by atoms with E-state index in [1.807, 2.05) is 6.92 Å². The van der Waals surface area contributed by atoms with Crippen LogP contribution in [0, 0.1) is 0 Å². The number of guanidine groups is 1. The molecule has 1 saturated carbocycles. The molecule has 0 heterocycles. The Morgan fingerprint density at radius 2 is 2.11 bits per heavy atom. The highest BCUT2D eigenvalue weighted by atomic mass is 32.2. The molecule has 0 aromatic heterocycles. The molecule has 1 aliphatic carbocycles. The van der Waals surface area contributed by atoms with E-state index in [4.69, 9.17) is 0 Å². The Labute approximate surface area is 120 Å². The summed E-state index contributed by atoms with van der Waals surface area (Å²) in [5, 5.41) is 7.16. The van der Waals surface area contributed by atoms with Crippen LogP contribution < -0.4 is 10.6 Å². The van der Waals surface area contributed by atoms with Gasteiger partial charge in [-0.1, -0.05) is 20.3 Å². The van der Waals surface area contributed by atoms with Crippen LogP contribution in [0.1, 0.15) is 52.9 Å².